The summed E-state index contributed by atoms with van der Waals surface area (Å²) in [5, 5.41) is 16.4. The highest BCUT2D eigenvalue weighted by Gasteiger charge is 2.33. The van der Waals surface area contributed by atoms with Crippen LogP contribution < -0.4 is 0 Å². The summed E-state index contributed by atoms with van der Waals surface area (Å²) in [6.45, 7) is 0. The number of carboxylic acid groups (broad SMARTS) is 1. The highest BCUT2D eigenvalue weighted by molar-refractivity contribution is 7.99. The third-order valence-corrected chi connectivity index (χ3v) is 5.57. The van der Waals surface area contributed by atoms with Crippen molar-refractivity contribution in [2.75, 3.05) is 5.75 Å². The summed E-state index contributed by atoms with van der Waals surface area (Å²) < 4.78 is 0. The van der Waals surface area contributed by atoms with Gasteiger partial charge < -0.3 is 5.11 Å². The Kier molecular flexibility index (Phi) is 4.29. The maximum Gasteiger partial charge on any atom is 0.313 e. The summed E-state index contributed by atoms with van der Waals surface area (Å²) in [6, 6.07) is 0. The SMILES string of the molecule is O=C(O)CSc1n[nH]c(C2CCC3CCCCC3C2)n1. The number of aliphatic carboxylic acids is 1. The van der Waals surface area contributed by atoms with E-state index in [1.807, 2.05) is 0 Å². The van der Waals surface area contributed by atoms with Gasteiger partial charge in [-0.25, -0.2) is 4.98 Å². The monoisotopic (exact) mass is 295 g/mol. The second-order valence-electron chi connectivity index (χ2n) is 6.00. The van der Waals surface area contributed by atoms with E-state index in [-0.39, 0.29) is 5.75 Å². The molecule has 0 bridgehead atoms. The number of nitrogens with zero attached hydrogens (tertiary/aromatic N) is 2. The molecule has 6 heteroatoms. The quantitative estimate of drug-likeness (QED) is 0.835. The molecule has 0 aliphatic heterocycles. The number of rotatable bonds is 4. The Labute approximate surface area is 122 Å². The topological polar surface area (TPSA) is 78.9 Å². The Morgan fingerprint density at radius 3 is 2.85 bits per heavy atom. The van der Waals surface area contributed by atoms with Crippen molar-refractivity contribution in [3.05, 3.63) is 5.82 Å². The summed E-state index contributed by atoms with van der Waals surface area (Å²) in [5.74, 6) is 2.44. The van der Waals surface area contributed by atoms with Crippen molar-refractivity contribution in [1.29, 1.82) is 0 Å². The second kappa shape index (κ2) is 6.16. The molecule has 0 spiro atoms. The predicted molar refractivity (Wildman–Crippen MR) is 76.8 cm³/mol. The molecule has 2 N–H and O–H groups in total. The van der Waals surface area contributed by atoms with Gasteiger partial charge in [0.25, 0.3) is 0 Å². The number of aromatic amines is 1. The van der Waals surface area contributed by atoms with Crippen molar-refractivity contribution in [3.63, 3.8) is 0 Å². The standard InChI is InChI=1S/C14H21N3O2S/c18-12(19)8-20-14-15-13(16-17-14)11-6-5-9-3-1-2-4-10(9)7-11/h9-11H,1-8H2,(H,18,19)(H,15,16,17). The van der Waals surface area contributed by atoms with Crippen molar-refractivity contribution in [3.8, 4) is 0 Å². The molecule has 3 rings (SSSR count). The Morgan fingerprint density at radius 1 is 1.25 bits per heavy atom. The minimum Gasteiger partial charge on any atom is -0.481 e. The van der Waals surface area contributed by atoms with Crippen LogP contribution in [0.15, 0.2) is 5.16 Å². The van der Waals surface area contributed by atoms with Gasteiger partial charge in [0, 0.05) is 5.92 Å². The maximum atomic E-state index is 10.6. The normalized spacial score (nSPS) is 29.9. The Hall–Kier alpha value is -1.04. The zero-order valence-electron chi connectivity index (χ0n) is 11.5. The lowest BCUT2D eigenvalue weighted by molar-refractivity contribution is -0.133. The van der Waals surface area contributed by atoms with Gasteiger partial charge in [-0.05, 0) is 31.1 Å². The van der Waals surface area contributed by atoms with E-state index in [9.17, 15) is 4.79 Å². The first-order chi connectivity index (χ1) is 9.72. The molecule has 3 unspecified atom stereocenters. The van der Waals surface area contributed by atoms with Gasteiger partial charge in [-0.3, -0.25) is 9.89 Å². The van der Waals surface area contributed by atoms with Crippen LogP contribution in [0.2, 0.25) is 0 Å². The number of aromatic nitrogens is 3. The van der Waals surface area contributed by atoms with Crippen LogP contribution in [0.25, 0.3) is 0 Å². The summed E-state index contributed by atoms with van der Waals surface area (Å²) in [7, 11) is 0. The molecule has 0 aromatic carbocycles. The van der Waals surface area contributed by atoms with Gasteiger partial charge in [-0.2, -0.15) is 0 Å². The fraction of sp³-hybridized carbons (Fsp3) is 0.786. The minimum atomic E-state index is -0.830. The van der Waals surface area contributed by atoms with E-state index >= 15 is 0 Å². The lowest BCUT2D eigenvalue weighted by atomic mass is 9.67. The van der Waals surface area contributed by atoms with Crippen molar-refractivity contribution in [2.45, 2.75) is 56.0 Å². The number of thioether (sulfide) groups is 1. The highest BCUT2D eigenvalue weighted by Crippen LogP contribution is 2.45. The molecule has 110 valence electrons. The first-order valence-electron chi connectivity index (χ1n) is 7.49. The van der Waals surface area contributed by atoms with Gasteiger partial charge in [0.15, 0.2) is 0 Å². The molecule has 2 fully saturated rings. The number of hydrogen-bond donors (Lipinski definition) is 2. The van der Waals surface area contributed by atoms with E-state index in [2.05, 4.69) is 15.2 Å². The summed E-state index contributed by atoms with van der Waals surface area (Å²) >= 11 is 1.18. The number of carbonyl (C=O) groups is 1. The molecule has 0 amide bonds. The molecule has 2 aliphatic rings. The van der Waals surface area contributed by atoms with E-state index in [1.165, 1.54) is 56.7 Å². The van der Waals surface area contributed by atoms with Crippen LogP contribution in [0.4, 0.5) is 0 Å². The summed E-state index contributed by atoms with van der Waals surface area (Å²) in [4.78, 5) is 15.0. The van der Waals surface area contributed by atoms with E-state index in [0.29, 0.717) is 11.1 Å². The molecular weight excluding hydrogens is 274 g/mol. The third-order valence-electron chi connectivity index (χ3n) is 4.73. The predicted octanol–water partition coefficient (Wildman–Crippen LogP) is 3.06. The number of nitrogens with one attached hydrogen (secondary N) is 1. The van der Waals surface area contributed by atoms with E-state index in [4.69, 9.17) is 5.11 Å². The largest absolute Gasteiger partial charge is 0.481 e. The first kappa shape index (κ1) is 13.9. The molecule has 1 heterocycles. The zero-order chi connectivity index (χ0) is 13.9. The van der Waals surface area contributed by atoms with Crippen LogP contribution in [0.1, 0.15) is 56.7 Å². The van der Waals surface area contributed by atoms with Crippen LogP contribution >= 0.6 is 11.8 Å². The van der Waals surface area contributed by atoms with Gasteiger partial charge >= 0.3 is 5.97 Å². The molecule has 20 heavy (non-hydrogen) atoms. The fourth-order valence-corrected chi connectivity index (χ4v) is 4.28. The van der Waals surface area contributed by atoms with Crippen LogP contribution in [-0.4, -0.2) is 32.0 Å². The van der Waals surface area contributed by atoms with Crippen molar-refractivity contribution >= 4 is 17.7 Å². The molecule has 3 atom stereocenters. The lowest BCUT2D eigenvalue weighted by Gasteiger charge is -2.38. The smallest absolute Gasteiger partial charge is 0.313 e. The van der Waals surface area contributed by atoms with Crippen LogP contribution in [0.3, 0.4) is 0 Å². The van der Waals surface area contributed by atoms with Crippen molar-refractivity contribution in [2.24, 2.45) is 11.8 Å². The first-order valence-corrected chi connectivity index (χ1v) is 8.48. The molecule has 1 aromatic rings. The minimum absolute atomic E-state index is 0.0205. The number of hydrogen-bond acceptors (Lipinski definition) is 4. The zero-order valence-corrected chi connectivity index (χ0v) is 12.4. The van der Waals surface area contributed by atoms with Crippen LogP contribution in [-0.2, 0) is 4.79 Å². The molecule has 5 nitrogen and oxygen atoms in total. The van der Waals surface area contributed by atoms with Crippen LogP contribution in [0, 0.1) is 11.8 Å². The van der Waals surface area contributed by atoms with Gasteiger partial charge in [0.05, 0.1) is 5.75 Å². The molecule has 0 radical (unpaired) electrons. The maximum absolute atomic E-state index is 10.6. The third kappa shape index (κ3) is 3.16. The van der Waals surface area contributed by atoms with Crippen molar-refractivity contribution < 1.29 is 9.90 Å². The molecular formula is C14H21N3O2S. The molecule has 1 aromatic heterocycles. The molecule has 2 aliphatic carbocycles. The van der Waals surface area contributed by atoms with Crippen LogP contribution in [0.5, 0.6) is 0 Å². The number of fused-ring (bicyclic) bond motifs is 1. The molecule has 0 saturated heterocycles. The molecule has 2 saturated carbocycles. The van der Waals surface area contributed by atoms with E-state index in [0.717, 1.165) is 17.7 Å². The van der Waals surface area contributed by atoms with Gasteiger partial charge in [-0.1, -0.05) is 37.4 Å². The van der Waals surface area contributed by atoms with E-state index < -0.39 is 5.97 Å². The average molecular weight is 295 g/mol. The Morgan fingerprint density at radius 2 is 2.05 bits per heavy atom. The Balaban J connectivity index is 1.60. The Bertz CT molecular complexity index is 477. The van der Waals surface area contributed by atoms with Crippen molar-refractivity contribution in [1.82, 2.24) is 15.2 Å². The highest BCUT2D eigenvalue weighted by atomic mass is 32.2. The summed E-state index contributed by atoms with van der Waals surface area (Å²) in [5.41, 5.74) is 0. The van der Waals surface area contributed by atoms with E-state index in [1.54, 1.807) is 0 Å². The fourth-order valence-electron chi connectivity index (χ4n) is 3.75. The van der Waals surface area contributed by atoms with Gasteiger partial charge in [-0.15, -0.1) is 5.10 Å². The number of carboxylic acids is 1. The van der Waals surface area contributed by atoms with Gasteiger partial charge in [0.1, 0.15) is 5.82 Å². The van der Waals surface area contributed by atoms with Gasteiger partial charge in [0.2, 0.25) is 5.16 Å². The number of H-pyrrole nitrogens is 1. The summed E-state index contributed by atoms with van der Waals surface area (Å²) in [6.07, 6.45) is 9.30. The lowest BCUT2D eigenvalue weighted by Crippen LogP contribution is -2.27. The average Bonchev–Trinajstić information content (AvgIpc) is 2.93. The second-order valence-corrected chi connectivity index (χ2v) is 6.94.